The average molecular weight is 471 g/mol. The summed E-state index contributed by atoms with van der Waals surface area (Å²) in [6.45, 7) is 1.94. The predicted molar refractivity (Wildman–Crippen MR) is 122 cm³/mol. The van der Waals surface area contributed by atoms with Crippen LogP contribution >= 0.6 is 0 Å². The first-order valence-corrected chi connectivity index (χ1v) is 12.1. The van der Waals surface area contributed by atoms with Gasteiger partial charge in [-0.2, -0.15) is 4.31 Å². The smallest absolute Gasteiger partial charge is 0.243 e. The van der Waals surface area contributed by atoms with Gasteiger partial charge in [-0.1, -0.05) is 5.92 Å². The van der Waals surface area contributed by atoms with E-state index in [-0.39, 0.29) is 23.8 Å². The van der Waals surface area contributed by atoms with Crippen molar-refractivity contribution in [2.75, 3.05) is 32.8 Å². The van der Waals surface area contributed by atoms with Gasteiger partial charge in [0.2, 0.25) is 15.9 Å². The van der Waals surface area contributed by atoms with Gasteiger partial charge in [0.1, 0.15) is 11.6 Å². The van der Waals surface area contributed by atoms with E-state index >= 15 is 0 Å². The van der Waals surface area contributed by atoms with Crippen molar-refractivity contribution >= 4 is 27.0 Å². The van der Waals surface area contributed by atoms with Crippen LogP contribution in [0.3, 0.4) is 0 Å². The standard InChI is InChI=1S/C23H26N4O5S/c1-3-10-26(17-18-5-4-13-32-18)23(28)9-8-22-24-20-16-19(6-7-21(20)25(22)2)33(29,30)27-11-14-31-15-12-27/h1,4-7,13,16H,8-12,14-15,17H2,2H3. The van der Waals surface area contributed by atoms with Crippen LogP contribution in [0.15, 0.2) is 45.9 Å². The minimum Gasteiger partial charge on any atom is -0.467 e. The summed E-state index contributed by atoms with van der Waals surface area (Å²) in [5.41, 5.74) is 1.37. The molecule has 1 aliphatic heterocycles. The van der Waals surface area contributed by atoms with Crippen molar-refractivity contribution in [3.63, 3.8) is 0 Å². The van der Waals surface area contributed by atoms with Gasteiger partial charge >= 0.3 is 0 Å². The van der Waals surface area contributed by atoms with Gasteiger partial charge in [0, 0.05) is 33.0 Å². The number of terminal acetylenes is 1. The number of rotatable bonds is 8. The minimum absolute atomic E-state index is 0.105. The van der Waals surface area contributed by atoms with E-state index in [9.17, 15) is 13.2 Å². The Morgan fingerprint density at radius 2 is 2.06 bits per heavy atom. The zero-order valence-electron chi connectivity index (χ0n) is 18.4. The average Bonchev–Trinajstić information content (AvgIpc) is 3.45. The lowest BCUT2D eigenvalue weighted by atomic mass is 10.2. The van der Waals surface area contributed by atoms with Gasteiger partial charge in [-0.3, -0.25) is 4.79 Å². The molecule has 3 heterocycles. The maximum absolute atomic E-state index is 13.0. The van der Waals surface area contributed by atoms with Crippen molar-refractivity contribution in [3.8, 4) is 12.3 Å². The number of aromatic nitrogens is 2. The van der Waals surface area contributed by atoms with Gasteiger partial charge in [0.25, 0.3) is 0 Å². The molecule has 0 atom stereocenters. The van der Waals surface area contributed by atoms with E-state index in [1.807, 2.05) is 11.6 Å². The van der Waals surface area contributed by atoms with E-state index in [2.05, 4.69) is 10.9 Å². The van der Waals surface area contributed by atoms with Crippen LogP contribution in [-0.4, -0.2) is 65.9 Å². The Kier molecular flexibility index (Phi) is 6.83. The van der Waals surface area contributed by atoms with Crippen LogP contribution in [0.2, 0.25) is 0 Å². The monoisotopic (exact) mass is 470 g/mol. The topological polar surface area (TPSA) is 97.9 Å². The zero-order valence-corrected chi connectivity index (χ0v) is 19.3. The van der Waals surface area contributed by atoms with Crippen molar-refractivity contribution in [2.24, 2.45) is 7.05 Å². The Hall–Kier alpha value is -3.13. The Balaban J connectivity index is 1.49. The second-order valence-electron chi connectivity index (χ2n) is 7.79. The van der Waals surface area contributed by atoms with Crippen LogP contribution in [0, 0.1) is 12.3 Å². The third-order valence-electron chi connectivity index (χ3n) is 5.68. The highest BCUT2D eigenvalue weighted by molar-refractivity contribution is 7.89. The fourth-order valence-corrected chi connectivity index (χ4v) is 5.29. The normalized spacial score (nSPS) is 14.9. The second-order valence-corrected chi connectivity index (χ2v) is 9.73. The number of hydrogen-bond donors (Lipinski definition) is 0. The number of sulfonamides is 1. The number of ether oxygens (including phenoxy) is 1. The summed E-state index contributed by atoms with van der Waals surface area (Å²) in [5.74, 6) is 3.76. The molecule has 0 saturated carbocycles. The van der Waals surface area contributed by atoms with Gasteiger partial charge in [-0.25, -0.2) is 13.4 Å². The summed E-state index contributed by atoms with van der Waals surface area (Å²) in [4.78, 5) is 19.2. The van der Waals surface area contributed by atoms with Gasteiger partial charge in [0.05, 0.1) is 48.5 Å². The SMILES string of the molecule is C#CCN(Cc1ccco1)C(=O)CCc1nc2cc(S(=O)(=O)N3CCOCC3)ccc2n1C. The van der Waals surface area contributed by atoms with Crippen molar-refractivity contribution in [3.05, 3.63) is 48.2 Å². The lowest BCUT2D eigenvalue weighted by Crippen LogP contribution is -2.40. The van der Waals surface area contributed by atoms with E-state index in [0.717, 1.165) is 5.52 Å². The molecule has 0 unspecified atom stereocenters. The number of carbonyl (C=O) groups is 1. The molecule has 0 aliphatic carbocycles. The first kappa shape index (κ1) is 23.0. The van der Waals surface area contributed by atoms with Crippen LogP contribution in [0.25, 0.3) is 11.0 Å². The number of nitrogens with zero attached hydrogens (tertiary/aromatic N) is 4. The maximum Gasteiger partial charge on any atom is 0.243 e. The molecule has 0 radical (unpaired) electrons. The number of furan rings is 1. The molecule has 4 rings (SSSR count). The molecule has 1 amide bonds. The molecule has 174 valence electrons. The number of carbonyl (C=O) groups excluding carboxylic acids is 1. The van der Waals surface area contributed by atoms with E-state index in [0.29, 0.717) is 56.4 Å². The van der Waals surface area contributed by atoms with Gasteiger partial charge in [-0.15, -0.1) is 6.42 Å². The molecule has 33 heavy (non-hydrogen) atoms. The van der Waals surface area contributed by atoms with Crippen LogP contribution in [0.1, 0.15) is 18.0 Å². The maximum atomic E-state index is 13.0. The highest BCUT2D eigenvalue weighted by Crippen LogP contribution is 2.23. The van der Waals surface area contributed by atoms with Crippen LogP contribution in [0.5, 0.6) is 0 Å². The molecule has 2 aromatic heterocycles. The summed E-state index contributed by atoms with van der Waals surface area (Å²) in [6.07, 6.45) is 7.61. The van der Waals surface area contributed by atoms with Crippen molar-refractivity contribution in [1.29, 1.82) is 0 Å². The molecular weight excluding hydrogens is 444 g/mol. The first-order valence-electron chi connectivity index (χ1n) is 10.7. The molecule has 1 fully saturated rings. The Morgan fingerprint density at radius 1 is 1.27 bits per heavy atom. The molecule has 0 bridgehead atoms. The number of imidazole rings is 1. The van der Waals surface area contributed by atoms with Crippen molar-refractivity contribution in [2.45, 2.75) is 24.3 Å². The van der Waals surface area contributed by atoms with Crippen LogP contribution < -0.4 is 0 Å². The summed E-state index contributed by atoms with van der Waals surface area (Å²) in [6, 6.07) is 8.50. The lowest BCUT2D eigenvalue weighted by molar-refractivity contribution is -0.131. The van der Waals surface area contributed by atoms with Gasteiger partial charge < -0.3 is 18.6 Å². The Morgan fingerprint density at radius 3 is 2.76 bits per heavy atom. The zero-order chi connectivity index (χ0) is 23.4. The third-order valence-corrected chi connectivity index (χ3v) is 7.57. The summed E-state index contributed by atoms with van der Waals surface area (Å²) in [7, 11) is -1.76. The Bertz CT molecular complexity index is 1270. The van der Waals surface area contributed by atoms with Crippen LogP contribution in [-0.2, 0) is 39.6 Å². The number of amides is 1. The molecule has 0 N–H and O–H groups in total. The summed E-state index contributed by atoms with van der Waals surface area (Å²) < 4.78 is 39.8. The molecular formula is C23H26N4O5S. The van der Waals surface area contributed by atoms with Gasteiger partial charge in [0.15, 0.2) is 0 Å². The molecule has 9 nitrogen and oxygen atoms in total. The van der Waals surface area contributed by atoms with Crippen molar-refractivity contribution in [1.82, 2.24) is 18.8 Å². The lowest BCUT2D eigenvalue weighted by Gasteiger charge is -2.26. The largest absolute Gasteiger partial charge is 0.467 e. The molecule has 3 aromatic rings. The quantitative estimate of drug-likeness (QED) is 0.466. The molecule has 10 heteroatoms. The fraction of sp³-hybridized carbons (Fsp3) is 0.391. The molecule has 1 aromatic carbocycles. The number of fused-ring (bicyclic) bond motifs is 1. The van der Waals surface area contributed by atoms with E-state index in [1.54, 1.807) is 41.5 Å². The highest BCUT2D eigenvalue weighted by atomic mass is 32.2. The molecule has 1 aliphatic rings. The molecule has 1 saturated heterocycles. The summed E-state index contributed by atoms with van der Waals surface area (Å²) >= 11 is 0. The van der Waals surface area contributed by atoms with Crippen LogP contribution in [0.4, 0.5) is 0 Å². The van der Waals surface area contributed by atoms with Gasteiger partial charge in [-0.05, 0) is 30.3 Å². The highest BCUT2D eigenvalue weighted by Gasteiger charge is 2.27. The second kappa shape index (κ2) is 9.79. The predicted octanol–water partition coefficient (Wildman–Crippen LogP) is 1.78. The number of benzene rings is 1. The van der Waals surface area contributed by atoms with Crippen molar-refractivity contribution < 1.29 is 22.4 Å². The van der Waals surface area contributed by atoms with E-state index in [1.165, 1.54) is 4.31 Å². The minimum atomic E-state index is -3.61. The fourth-order valence-electron chi connectivity index (χ4n) is 3.86. The molecule has 0 spiro atoms. The number of morpholine rings is 1. The number of aryl methyl sites for hydroxylation is 2. The summed E-state index contributed by atoms with van der Waals surface area (Å²) in [5, 5.41) is 0. The Labute approximate surface area is 193 Å². The number of hydrogen-bond acceptors (Lipinski definition) is 6. The van der Waals surface area contributed by atoms with E-state index in [4.69, 9.17) is 15.6 Å². The first-order chi connectivity index (χ1) is 15.9. The van der Waals surface area contributed by atoms with E-state index < -0.39 is 10.0 Å². The third kappa shape index (κ3) is 4.95.